The number of aromatic nitrogens is 3. The summed E-state index contributed by atoms with van der Waals surface area (Å²) in [6.45, 7) is 4.81. The fourth-order valence-electron chi connectivity index (χ4n) is 3.82. The number of nitrogens with zero attached hydrogens (tertiary/aromatic N) is 4. The first-order valence-corrected chi connectivity index (χ1v) is 11.0. The lowest BCUT2D eigenvalue weighted by molar-refractivity contribution is 0.0357. The quantitative estimate of drug-likeness (QED) is 0.469. The molecular weight excluding hydrogens is 440 g/mol. The molecule has 0 aliphatic carbocycles. The van der Waals surface area contributed by atoms with E-state index in [2.05, 4.69) is 20.4 Å². The zero-order valence-electron chi connectivity index (χ0n) is 19.2. The predicted octanol–water partition coefficient (Wildman–Crippen LogP) is 1.27. The van der Waals surface area contributed by atoms with Gasteiger partial charge in [-0.2, -0.15) is 0 Å². The van der Waals surface area contributed by atoms with Crippen molar-refractivity contribution in [1.29, 1.82) is 0 Å². The first-order valence-electron chi connectivity index (χ1n) is 11.0. The van der Waals surface area contributed by atoms with E-state index in [1.807, 2.05) is 0 Å². The van der Waals surface area contributed by atoms with E-state index in [4.69, 9.17) is 19.9 Å². The zero-order valence-corrected chi connectivity index (χ0v) is 19.2. The SMILES string of the molecule is COc1c(OCCCN2CCOCC2)ccc2c(=O)n(C)c(NC(=O)c3ccc(N)nn3)cc12. The average molecular weight is 469 g/mol. The van der Waals surface area contributed by atoms with Crippen molar-refractivity contribution in [2.45, 2.75) is 6.42 Å². The average Bonchev–Trinajstić information content (AvgIpc) is 2.85. The first-order chi connectivity index (χ1) is 16.5. The number of fused-ring (bicyclic) bond motifs is 1. The van der Waals surface area contributed by atoms with E-state index in [0.717, 1.165) is 39.3 Å². The fourth-order valence-corrected chi connectivity index (χ4v) is 3.82. The van der Waals surface area contributed by atoms with Crippen molar-refractivity contribution < 1.29 is 19.0 Å². The van der Waals surface area contributed by atoms with Crippen LogP contribution in [0.25, 0.3) is 10.8 Å². The van der Waals surface area contributed by atoms with Crippen LogP contribution in [0.4, 0.5) is 11.6 Å². The number of carbonyl (C=O) groups excluding carboxylic acids is 1. The molecule has 0 unspecified atom stereocenters. The molecule has 1 fully saturated rings. The molecule has 3 heterocycles. The van der Waals surface area contributed by atoms with E-state index < -0.39 is 5.91 Å². The van der Waals surface area contributed by atoms with Crippen LogP contribution in [0.15, 0.2) is 35.1 Å². The van der Waals surface area contributed by atoms with Gasteiger partial charge in [0.1, 0.15) is 11.6 Å². The number of nitrogens with two attached hydrogens (primary N) is 1. The molecule has 11 nitrogen and oxygen atoms in total. The summed E-state index contributed by atoms with van der Waals surface area (Å²) in [6.07, 6.45) is 0.849. The number of ether oxygens (including phenoxy) is 3. The lowest BCUT2D eigenvalue weighted by Crippen LogP contribution is -2.37. The molecule has 0 radical (unpaired) electrons. The summed E-state index contributed by atoms with van der Waals surface area (Å²) < 4.78 is 18.3. The Kier molecular flexibility index (Phi) is 7.24. The molecule has 4 rings (SSSR count). The van der Waals surface area contributed by atoms with Gasteiger partial charge in [-0.15, -0.1) is 10.2 Å². The second-order valence-corrected chi connectivity index (χ2v) is 7.91. The lowest BCUT2D eigenvalue weighted by Gasteiger charge is -2.26. The molecule has 1 amide bonds. The largest absolute Gasteiger partial charge is 0.492 e. The van der Waals surface area contributed by atoms with Crippen molar-refractivity contribution in [2.24, 2.45) is 7.05 Å². The fraction of sp³-hybridized carbons (Fsp3) is 0.391. The minimum absolute atomic E-state index is 0.0751. The number of benzene rings is 1. The van der Waals surface area contributed by atoms with E-state index in [0.29, 0.717) is 28.9 Å². The zero-order chi connectivity index (χ0) is 24.1. The maximum Gasteiger partial charge on any atom is 0.277 e. The van der Waals surface area contributed by atoms with Crippen LogP contribution in [-0.4, -0.2) is 72.1 Å². The summed E-state index contributed by atoms with van der Waals surface area (Å²) in [5.74, 6) is 0.938. The topological polar surface area (TPSA) is 134 Å². The molecule has 34 heavy (non-hydrogen) atoms. The maximum atomic E-state index is 13.0. The first kappa shape index (κ1) is 23.5. The van der Waals surface area contributed by atoms with Crippen LogP contribution in [0.3, 0.4) is 0 Å². The standard InChI is InChI=1S/C23H28N6O5/c1-28-20(25-22(30)17-5-7-19(24)27-26-17)14-16-15(23(28)31)4-6-18(21(16)32-2)34-11-3-8-29-9-12-33-13-10-29/h4-7,14H,3,8-13H2,1-2H3,(H2,24,27)(H,25,30). The Labute approximate surface area is 196 Å². The molecule has 2 aromatic heterocycles. The highest BCUT2D eigenvalue weighted by Gasteiger charge is 2.17. The smallest absolute Gasteiger partial charge is 0.277 e. The lowest BCUT2D eigenvalue weighted by atomic mass is 10.1. The summed E-state index contributed by atoms with van der Waals surface area (Å²) in [5, 5.41) is 11.2. The van der Waals surface area contributed by atoms with Gasteiger partial charge in [-0.3, -0.25) is 19.1 Å². The highest BCUT2D eigenvalue weighted by atomic mass is 16.5. The molecule has 0 saturated carbocycles. The molecule has 3 aromatic rings. The second kappa shape index (κ2) is 10.5. The number of carbonyl (C=O) groups is 1. The van der Waals surface area contributed by atoms with Crippen LogP contribution in [-0.2, 0) is 11.8 Å². The minimum atomic E-state index is -0.517. The second-order valence-electron chi connectivity index (χ2n) is 7.91. The summed E-state index contributed by atoms with van der Waals surface area (Å²) >= 11 is 0. The number of anilines is 2. The van der Waals surface area contributed by atoms with Gasteiger partial charge in [0.15, 0.2) is 17.2 Å². The van der Waals surface area contributed by atoms with E-state index in [-0.39, 0.29) is 22.9 Å². The van der Waals surface area contributed by atoms with Gasteiger partial charge in [0.2, 0.25) is 0 Å². The van der Waals surface area contributed by atoms with Crippen molar-refractivity contribution in [1.82, 2.24) is 19.7 Å². The van der Waals surface area contributed by atoms with Crippen molar-refractivity contribution in [2.75, 3.05) is 57.6 Å². The molecule has 0 bridgehead atoms. The Hall–Kier alpha value is -3.70. The van der Waals surface area contributed by atoms with Crippen molar-refractivity contribution >= 4 is 28.3 Å². The summed E-state index contributed by atoms with van der Waals surface area (Å²) in [4.78, 5) is 27.9. The Balaban J connectivity index is 1.55. The number of nitrogens with one attached hydrogen (secondary N) is 1. The van der Waals surface area contributed by atoms with Crippen LogP contribution >= 0.6 is 0 Å². The molecule has 1 aliphatic rings. The van der Waals surface area contributed by atoms with Gasteiger partial charge in [-0.25, -0.2) is 0 Å². The van der Waals surface area contributed by atoms with Crippen LogP contribution in [0.1, 0.15) is 16.9 Å². The third-order valence-electron chi connectivity index (χ3n) is 5.68. The van der Waals surface area contributed by atoms with E-state index in [1.165, 1.54) is 23.8 Å². The van der Waals surface area contributed by atoms with Crippen molar-refractivity contribution in [3.8, 4) is 11.5 Å². The minimum Gasteiger partial charge on any atom is -0.492 e. The molecule has 1 aliphatic heterocycles. The maximum absolute atomic E-state index is 13.0. The number of hydrogen-bond acceptors (Lipinski definition) is 9. The van der Waals surface area contributed by atoms with Gasteiger partial charge in [-0.05, 0) is 36.8 Å². The highest BCUT2D eigenvalue weighted by Crippen LogP contribution is 2.35. The molecule has 1 saturated heterocycles. The van der Waals surface area contributed by atoms with Crippen LogP contribution in [0.5, 0.6) is 11.5 Å². The Morgan fingerprint density at radius 3 is 2.68 bits per heavy atom. The number of rotatable bonds is 8. The number of amides is 1. The van der Waals surface area contributed by atoms with Gasteiger partial charge in [0, 0.05) is 32.1 Å². The predicted molar refractivity (Wildman–Crippen MR) is 128 cm³/mol. The summed E-state index contributed by atoms with van der Waals surface area (Å²) in [5.41, 5.74) is 5.32. The number of pyridine rings is 1. The van der Waals surface area contributed by atoms with Gasteiger partial charge < -0.3 is 25.3 Å². The van der Waals surface area contributed by atoms with Crippen LogP contribution in [0.2, 0.25) is 0 Å². The van der Waals surface area contributed by atoms with Gasteiger partial charge in [0.05, 0.1) is 32.3 Å². The number of methoxy groups -OCH3 is 1. The van der Waals surface area contributed by atoms with Crippen molar-refractivity contribution in [3.05, 3.63) is 46.4 Å². The highest BCUT2D eigenvalue weighted by molar-refractivity contribution is 6.03. The molecule has 1 aromatic carbocycles. The molecular formula is C23H28N6O5. The van der Waals surface area contributed by atoms with Crippen molar-refractivity contribution in [3.63, 3.8) is 0 Å². The van der Waals surface area contributed by atoms with Crippen LogP contribution < -0.4 is 26.1 Å². The van der Waals surface area contributed by atoms with E-state index in [9.17, 15) is 9.59 Å². The molecule has 0 spiro atoms. The summed E-state index contributed by atoms with van der Waals surface area (Å²) in [7, 11) is 3.10. The third-order valence-corrected chi connectivity index (χ3v) is 5.68. The number of morpholine rings is 1. The monoisotopic (exact) mass is 468 g/mol. The van der Waals surface area contributed by atoms with Gasteiger partial charge in [-0.1, -0.05) is 0 Å². The molecule has 3 N–H and O–H groups in total. The third kappa shape index (κ3) is 5.10. The molecule has 0 atom stereocenters. The van der Waals surface area contributed by atoms with E-state index >= 15 is 0 Å². The van der Waals surface area contributed by atoms with E-state index in [1.54, 1.807) is 25.2 Å². The summed E-state index contributed by atoms with van der Waals surface area (Å²) in [6, 6.07) is 8.06. The molecule has 180 valence electrons. The number of nitrogen functional groups attached to an aromatic ring is 1. The van der Waals surface area contributed by atoms with Gasteiger partial charge >= 0.3 is 0 Å². The number of hydrogen-bond donors (Lipinski definition) is 2. The molecule has 11 heteroatoms. The Bertz CT molecular complexity index is 1220. The van der Waals surface area contributed by atoms with Gasteiger partial charge in [0.25, 0.3) is 11.5 Å². The Morgan fingerprint density at radius 1 is 1.18 bits per heavy atom. The Morgan fingerprint density at radius 2 is 1.97 bits per heavy atom. The normalized spacial score (nSPS) is 14.2. The van der Waals surface area contributed by atoms with Crippen LogP contribution in [0, 0.1) is 0 Å².